The van der Waals surface area contributed by atoms with Crippen LogP contribution in [0.15, 0.2) is 54.7 Å². The Morgan fingerprint density at radius 3 is 2.48 bits per heavy atom. The Labute approximate surface area is 137 Å². The van der Waals surface area contributed by atoms with E-state index in [9.17, 15) is 4.79 Å². The number of halogens is 1. The molecule has 23 heavy (non-hydrogen) atoms. The summed E-state index contributed by atoms with van der Waals surface area (Å²) >= 11 is 5.86. The van der Waals surface area contributed by atoms with E-state index in [1.54, 1.807) is 24.4 Å². The van der Waals surface area contributed by atoms with Crippen LogP contribution in [0.2, 0.25) is 5.15 Å². The van der Waals surface area contributed by atoms with Gasteiger partial charge in [-0.1, -0.05) is 35.9 Å². The third-order valence-corrected chi connectivity index (χ3v) is 3.45. The van der Waals surface area contributed by atoms with Crippen molar-refractivity contribution in [2.45, 2.75) is 6.61 Å². The van der Waals surface area contributed by atoms with Gasteiger partial charge in [0, 0.05) is 17.0 Å². The number of benzene rings is 2. The molecule has 0 radical (unpaired) electrons. The van der Waals surface area contributed by atoms with Crippen LogP contribution in [0.1, 0.15) is 5.56 Å². The first-order chi connectivity index (χ1) is 11.1. The minimum absolute atomic E-state index is 0.349. The zero-order valence-corrected chi connectivity index (χ0v) is 12.8. The Morgan fingerprint density at radius 2 is 1.78 bits per heavy atom. The molecule has 0 bridgehead atoms. The van der Waals surface area contributed by atoms with Crippen molar-refractivity contribution in [3.8, 4) is 11.5 Å². The number of nitrogens with two attached hydrogens (primary N) is 1. The number of aromatic nitrogens is 1. The van der Waals surface area contributed by atoms with Crippen LogP contribution in [-0.2, 0) is 6.61 Å². The Bertz CT molecular complexity index is 867. The lowest BCUT2D eigenvalue weighted by Crippen LogP contribution is -2.16. The fourth-order valence-electron chi connectivity index (χ4n) is 2.26. The van der Waals surface area contributed by atoms with Gasteiger partial charge in [0.2, 0.25) is 0 Å². The summed E-state index contributed by atoms with van der Waals surface area (Å²) in [7, 11) is 0. The number of fused-ring (bicyclic) bond motifs is 1. The predicted octanol–water partition coefficient (Wildman–Crippen LogP) is 3.92. The molecule has 0 saturated carbocycles. The summed E-state index contributed by atoms with van der Waals surface area (Å²) in [6.45, 7) is 0.349. The van der Waals surface area contributed by atoms with E-state index in [0.29, 0.717) is 23.3 Å². The number of pyridine rings is 1. The van der Waals surface area contributed by atoms with Crippen LogP contribution in [0.5, 0.6) is 11.5 Å². The van der Waals surface area contributed by atoms with Gasteiger partial charge in [0.1, 0.15) is 23.3 Å². The molecule has 0 aliphatic carbocycles. The molecule has 3 aromatic rings. The first-order valence-electron chi connectivity index (χ1n) is 6.86. The topological polar surface area (TPSA) is 74.4 Å². The number of carbonyl (C=O) groups excluding carboxylic acids is 1. The summed E-state index contributed by atoms with van der Waals surface area (Å²) < 4.78 is 10.9. The number of rotatable bonds is 4. The van der Waals surface area contributed by atoms with Crippen molar-refractivity contribution < 1.29 is 14.3 Å². The maximum Gasteiger partial charge on any atom is 0.409 e. The number of hydrogen-bond acceptors (Lipinski definition) is 4. The fraction of sp³-hybridized carbons (Fsp3) is 0.0588. The lowest BCUT2D eigenvalue weighted by Gasteiger charge is -2.12. The zero-order chi connectivity index (χ0) is 16.2. The van der Waals surface area contributed by atoms with Crippen molar-refractivity contribution in [2.24, 2.45) is 5.73 Å². The molecule has 0 saturated heterocycles. The first kappa shape index (κ1) is 15.1. The highest BCUT2D eigenvalue weighted by Crippen LogP contribution is 2.33. The smallest absolute Gasteiger partial charge is 0.409 e. The molecule has 2 aromatic carbocycles. The van der Waals surface area contributed by atoms with Gasteiger partial charge < -0.3 is 15.2 Å². The Balaban J connectivity index is 1.91. The standard InChI is InChI=1S/C17H13ClN2O3/c18-16-9-11(7-8-20-16)10-22-14-5-6-15(23-17(19)21)13-4-2-1-3-12(13)14/h1-9H,10H2,(H2,19,21). The molecule has 6 heteroatoms. The van der Waals surface area contributed by atoms with E-state index < -0.39 is 6.09 Å². The van der Waals surface area contributed by atoms with Gasteiger partial charge in [-0.15, -0.1) is 0 Å². The molecule has 0 aliphatic rings. The van der Waals surface area contributed by atoms with Crippen molar-refractivity contribution in [1.29, 1.82) is 0 Å². The summed E-state index contributed by atoms with van der Waals surface area (Å²) in [6, 6.07) is 14.4. The van der Waals surface area contributed by atoms with Gasteiger partial charge in [0.15, 0.2) is 0 Å². The van der Waals surface area contributed by atoms with E-state index in [2.05, 4.69) is 4.98 Å². The molecule has 1 amide bonds. The van der Waals surface area contributed by atoms with Crippen LogP contribution < -0.4 is 15.2 Å². The van der Waals surface area contributed by atoms with Crippen LogP contribution >= 0.6 is 11.6 Å². The van der Waals surface area contributed by atoms with Crippen LogP contribution in [0.25, 0.3) is 10.8 Å². The van der Waals surface area contributed by atoms with E-state index >= 15 is 0 Å². The van der Waals surface area contributed by atoms with Crippen molar-refractivity contribution in [3.63, 3.8) is 0 Å². The van der Waals surface area contributed by atoms with Crippen LogP contribution in [0.4, 0.5) is 4.79 Å². The third-order valence-electron chi connectivity index (χ3n) is 3.24. The molecular weight excluding hydrogens is 316 g/mol. The first-order valence-corrected chi connectivity index (χ1v) is 7.23. The third kappa shape index (κ3) is 3.52. The molecule has 0 aliphatic heterocycles. The molecule has 5 nitrogen and oxygen atoms in total. The maximum absolute atomic E-state index is 11.0. The summed E-state index contributed by atoms with van der Waals surface area (Å²) in [5.74, 6) is 1.07. The monoisotopic (exact) mass is 328 g/mol. The van der Waals surface area contributed by atoms with Crippen molar-refractivity contribution in [1.82, 2.24) is 4.98 Å². The molecular formula is C17H13ClN2O3. The lowest BCUT2D eigenvalue weighted by atomic mass is 10.1. The van der Waals surface area contributed by atoms with Gasteiger partial charge >= 0.3 is 6.09 Å². The highest BCUT2D eigenvalue weighted by molar-refractivity contribution is 6.29. The van der Waals surface area contributed by atoms with Gasteiger partial charge in [-0.25, -0.2) is 9.78 Å². The molecule has 3 rings (SSSR count). The molecule has 0 unspecified atom stereocenters. The lowest BCUT2D eigenvalue weighted by molar-refractivity contribution is 0.211. The summed E-state index contributed by atoms with van der Waals surface area (Å²) in [4.78, 5) is 14.9. The second kappa shape index (κ2) is 6.54. The Hall–Kier alpha value is -2.79. The normalized spacial score (nSPS) is 10.5. The van der Waals surface area contributed by atoms with E-state index in [-0.39, 0.29) is 0 Å². The number of primary amides is 1. The van der Waals surface area contributed by atoms with Crippen molar-refractivity contribution in [2.75, 3.05) is 0 Å². The number of ether oxygens (including phenoxy) is 2. The molecule has 116 valence electrons. The quantitative estimate of drug-likeness (QED) is 0.736. The fourth-order valence-corrected chi connectivity index (χ4v) is 2.46. The second-order valence-electron chi connectivity index (χ2n) is 4.80. The molecule has 0 spiro atoms. The van der Waals surface area contributed by atoms with E-state index in [1.807, 2.05) is 30.3 Å². The number of amides is 1. The predicted molar refractivity (Wildman–Crippen MR) is 87.7 cm³/mol. The molecule has 2 N–H and O–H groups in total. The van der Waals surface area contributed by atoms with Crippen LogP contribution in [0.3, 0.4) is 0 Å². The zero-order valence-electron chi connectivity index (χ0n) is 12.0. The number of nitrogens with zero attached hydrogens (tertiary/aromatic N) is 1. The maximum atomic E-state index is 11.0. The van der Waals surface area contributed by atoms with Crippen LogP contribution in [-0.4, -0.2) is 11.1 Å². The molecule has 1 aromatic heterocycles. The van der Waals surface area contributed by atoms with E-state index in [4.69, 9.17) is 26.8 Å². The van der Waals surface area contributed by atoms with Gasteiger partial charge in [-0.05, 0) is 29.8 Å². The largest absolute Gasteiger partial charge is 0.488 e. The van der Waals surface area contributed by atoms with Gasteiger partial charge in [0.25, 0.3) is 0 Å². The summed E-state index contributed by atoms with van der Waals surface area (Å²) in [5.41, 5.74) is 6.00. The average Bonchev–Trinajstić information content (AvgIpc) is 2.54. The van der Waals surface area contributed by atoms with Crippen molar-refractivity contribution >= 4 is 28.5 Å². The number of carbonyl (C=O) groups is 1. The minimum atomic E-state index is -0.852. The van der Waals surface area contributed by atoms with Crippen LogP contribution in [0, 0.1) is 0 Å². The highest BCUT2D eigenvalue weighted by atomic mass is 35.5. The summed E-state index contributed by atoms with van der Waals surface area (Å²) in [5, 5.41) is 1.99. The van der Waals surface area contributed by atoms with Crippen molar-refractivity contribution in [3.05, 3.63) is 65.4 Å². The highest BCUT2D eigenvalue weighted by Gasteiger charge is 2.10. The number of hydrogen-bond donors (Lipinski definition) is 1. The second-order valence-corrected chi connectivity index (χ2v) is 5.19. The summed E-state index contributed by atoms with van der Waals surface area (Å²) in [6.07, 6.45) is 0.776. The minimum Gasteiger partial charge on any atom is -0.488 e. The average molecular weight is 329 g/mol. The van der Waals surface area contributed by atoms with E-state index in [1.165, 1.54) is 0 Å². The molecule has 0 atom stereocenters. The molecule has 1 heterocycles. The van der Waals surface area contributed by atoms with Gasteiger partial charge in [0.05, 0.1) is 0 Å². The SMILES string of the molecule is NC(=O)Oc1ccc(OCc2ccnc(Cl)c2)c2ccccc12. The van der Waals surface area contributed by atoms with E-state index in [0.717, 1.165) is 16.3 Å². The Kier molecular flexibility index (Phi) is 4.30. The molecule has 0 fully saturated rings. The van der Waals surface area contributed by atoms with Gasteiger partial charge in [-0.3, -0.25) is 0 Å². The Morgan fingerprint density at radius 1 is 1.09 bits per heavy atom. The van der Waals surface area contributed by atoms with Gasteiger partial charge in [-0.2, -0.15) is 0 Å².